The predicted octanol–water partition coefficient (Wildman–Crippen LogP) is 3.32. The minimum Gasteiger partial charge on any atom is -0.309 e. The van der Waals surface area contributed by atoms with Gasteiger partial charge in [-0.2, -0.15) is 0 Å². The van der Waals surface area contributed by atoms with Crippen LogP contribution in [-0.4, -0.2) is 19.5 Å². The van der Waals surface area contributed by atoms with Crippen LogP contribution < -0.4 is 11.1 Å². The molecule has 0 saturated heterocycles. The molecule has 4 rings (SSSR count). The molecule has 1 aromatic carbocycles. The van der Waals surface area contributed by atoms with Crippen LogP contribution in [-0.2, 0) is 12.3 Å². The molecule has 4 aromatic rings. The Morgan fingerprint density at radius 2 is 2.08 bits per heavy atom. The van der Waals surface area contributed by atoms with E-state index in [9.17, 15) is 9.59 Å². The number of hydrogen-bond donors (Lipinski definition) is 1. The fraction of sp³-hybridized carbons (Fsp3) is 0.222. The van der Waals surface area contributed by atoms with Crippen molar-refractivity contribution in [3.8, 4) is 0 Å². The number of nitrogens with one attached hydrogen (secondary N) is 1. The standard InChI is InChI=1S/C18H16N4O2S2/c1-3-22-17(24)15-12(7-8-25-15)19-18(22)26-9-13-20-14-10(2)5-4-6-11(14)16(23)21-13/h4-8H,3,9H2,1-2H3,(H,20,21,23). The van der Waals surface area contributed by atoms with Crippen molar-refractivity contribution in [3.05, 3.63) is 61.7 Å². The maximum atomic E-state index is 12.6. The van der Waals surface area contributed by atoms with Crippen molar-refractivity contribution >= 4 is 44.2 Å². The number of aryl methyl sites for hydroxylation is 1. The first-order chi connectivity index (χ1) is 12.6. The summed E-state index contributed by atoms with van der Waals surface area (Å²) in [5.74, 6) is 1.01. The van der Waals surface area contributed by atoms with Crippen LogP contribution >= 0.6 is 23.1 Å². The summed E-state index contributed by atoms with van der Waals surface area (Å²) in [6.45, 7) is 4.40. The van der Waals surface area contributed by atoms with Crippen LogP contribution in [0.3, 0.4) is 0 Å². The Balaban J connectivity index is 1.73. The molecule has 0 amide bonds. The number of aromatic nitrogens is 4. The van der Waals surface area contributed by atoms with Crippen LogP contribution in [0.25, 0.3) is 21.1 Å². The second-order valence-corrected chi connectivity index (χ2v) is 7.71. The summed E-state index contributed by atoms with van der Waals surface area (Å²) in [4.78, 5) is 36.9. The quantitative estimate of drug-likeness (QED) is 0.431. The molecule has 0 aliphatic heterocycles. The monoisotopic (exact) mass is 384 g/mol. The molecule has 8 heteroatoms. The van der Waals surface area contributed by atoms with E-state index in [0.717, 1.165) is 5.56 Å². The van der Waals surface area contributed by atoms with E-state index in [-0.39, 0.29) is 11.1 Å². The Hall–Kier alpha value is -2.45. The first-order valence-electron chi connectivity index (χ1n) is 8.18. The third-order valence-corrected chi connectivity index (χ3v) is 6.05. The zero-order valence-electron chi connectivity index (χ0n) is 14.3. The fourth-order valence-corrected chi connectivity index (χ4v) is 4.58. The molecule has 0 bridgehead atoms. The second kappa shape index (κ2) is 6.69. The lowest BCUT2D eigenvalue weighted by Gasteiger charge is -2.10. The summed E-state index contributed by atoms with van der Waals surface area (Å²) in [7, 11) is 0. The van der Waals surface area contributed by atoms with E-state index in [0.29, 0.717) is 44.4 Å². The van der Waals surface area contributed by atoms with Crippen LogP contribution in [0.15, 0.2) is 44.4 Å². The first kappa shape index (κ1) is 17.0. The Kier molecular flexibility index (Phi) is 4.37. The lowest BCUT2D eigenvalue weighted by atomic mass is 10.1. The normalized spacial score (nSPS) is 11.5. The molecule has 26 heavy (non-hydrogen) atoms. The van der Waals surface area contributed by atoms with Gasteiger partial charge in [0.05, 0.1) is 22.2 Å². The molecule has 0 aliphatic rings. The molecular weight excluding hydrogens is 368 g/mol. The molecule has 0 unspecified atom stereocenters. The van der Waals surface area contributed by atoms with E-state index in [2.05, 4.69) is 15.0 Å². The third kappa shape index (κ3) is 2.85. The highest BCUT2D eigenvalue weighted by molar-refractivity contribution is 7.98. The molecule has 6 nitrogen and oxygen atoms in total. The zero-order chi connectivity index (χ0) is 18.3. The largest absolute Gasteiger partial charge is 0.309 e. The van der Waals surface area contributed by atoms with E-state index >= 15 is 0 Å². The van der Waals surface area contributed by atoms with Gasteiger partial charge in [0.2, 0.25) is 0 Å². The molecule has 0 atom stereocenters. The number of nitrogens with zero attached hydrogens (tertiary/aromatic N) is 3. The number of H-pyrrole nitrogens is 1. The van der Waals surface area contributed by atoms with E-state index in [4.69, 9.17) is 0 Å². The molecule has 3 aromatic heterocycles. The van der Waals surface area contributed by atoms with Gasteiger partial charge in [0.15, 0.2) is 5.16 Å². The van der Waals surface area contributed by atoms with Crippen molar-refractivity contribution in [2.45, 2.75) is 31.3 Å². The number of aromatic amines is 1. The highest BCUT2D eigenvalue weighted by Crippen LogP contribution is 2.23. The van der Waals surface area contributed by atoms with Crippen LogP contribution in [0.4, 0.5) is 0 Å². The minimum absolute atomic E-state index is 0.0224. The lowest BCUT2D eigenvalue weighted by Crippen LogP contribution is -2.21. The molecule has 0 radical (unpaired) electrons. The molecule has 0 fully saturated rings. The number of benzene rings is 1. The van der Waals surface area contributed by atoms with Gasteiger partial charge < -0.3 is 4.98 Å². The molecule has 132 valence electrons. The van der Waals surface area contributed by atoms with E-state index in [1.165, 1.54) is 23.1 Å². The highest BCUT2D eigenvalue weighted by atomic mass is 32.2. The van der Waals surface area contributed by atoms with Gasteiger partial charge in [0, 0.05) is 6.54 Å². The molecule has 0 saturated carbocycles. The lowest BCUT2D eigenvalue weighted by molar-refractivity contribution is 0.635. The number of fused-ring (bicyclic) bond motifs is 2. The maximum Gasteiger partial charge on any atom is 0.272 e. The van der Waals surface area contributed by atoms with Gasteiger partial charge in [0.25, 0.3) is 11.1 Å². The summed E-state index contributed by atoms with van der Waals surface area (Å²) in [6.07, 6.45) is 0. The average molecular weight is 384 g/mol. The van der Waals surface area contributed by atoms with Gasteiger partial charge in [0.1, 0.15) is 10.5 Å². The van der Waals surface area contributed by atoms with E-state index in [1.54, 1.807) is 10.6 Å². The number of rotatable bonds is 4. The van der Waals surface area contributed by atoms with Crippen LogP contribution in [0, 0.1) is 6.92 Å². The third-order valence-electron chi connectivity index (χ3n) is 4.17. The summed E-state index contributed by atoms with van der Waals surface area (Å²) >= 11 is 2.81. The second-order valence-electron chi connectivity index (χ2n) is 5.85. The Labute approximate surface area is 156 Å². The first-order valence-corrected chi connectivity index (χ1v) is 10.0. The topological polar surface area (TPSA) is 80.6 Å². The number of thioether (sulfide) groups is 1. The average Bonchev–Trinajstić information content (AvgIpc) is 3.10. The van der Waals surface area contributed by atoms with Crippen LogP contribution in [0.1, 0.15) is 18.3 Å². The zero-order valence-corrected chi connectivity index (χ0v) is 15.9. The molecule has 3 heterocycles. The number of hydrogen-bond acceptors (Lipinski definition) is 6. The Bertz CT molecular complexity index is 1240. The SMILES string of the molecule is CCn1c(SCc2nc3c(C)cccc3c(=O)[nH]2)nc2ccsc2c1=O. The van der Waals surface area contributed by atoms with Gasteiger partial charge in [-0.1, -0.05) is 23.9 Å². The van der Waals surface area contributed by atoms with Gasteiger partial charge in [-0.25, -0.2) is 9.97 Å². The summed E-state index contributed by atoms with van der Waals surface area (Å²) in [5, 5.41) is 3.09. The van der Waals surface area contributed by atoms with Gasteiger partial charge in [-0.3, -0.25) is 14.2 Å². The minimum atomic E-state index is -0.150. The van der Waals surface area contributed by atoms with Gasteiger partial charge in [-0.05, 0) is 36.9 Å². The van der Waals surface area contributed by atoms with Gasteiger partial charge in [-0.15, -0.1) is 11.3 Å². The summed E-state index contributed by atoms with van der Waals surface area (Å²) < 4.78 is 2.33. The maximum absolute atomic E-state index is 12.6. The highest BCUT2D eigenvalue weighted by Gasteiger charge is 2.13. The fourth-order valence-electron chi connectivity index (χ4n) is 2.87. The van der Waals surface area contributed by atoms with E-state index < -0.39 is 0 Å². The van der Waals surface area contributed by atoms with Crippen molar-refractivity contribution in [2.24, 2.45) is 0 Å². The summed E-state index contributed by atoms with van der Waals surface area (Å²) in [6, 6.07) is 7.41. The van der Waals surface area contributed by atoms with E-state index in [1.807, 2.05) is 37.4 Å². The van der Waals surface area contributed by atoms with Crippen molar-refractivity contribution in [2.75, 3.05) is 0 Å². The molecule has 0 aliphatic carbocycles. The molecule has 1 N–H and O–H groups in total. The Morgan fingerprint density at radius 3 is 2.88 bits per heavy atom. The number of thiophene rings is 1. The van der Waals surface area contributed by atoms with Crippen molar-refractivity contribution < 1.29 is 0 Å². The van der Waals surface area contributed by atoms with Crippen molar-refractivity contribution in [3.63, 3.8) is 0 Å². The van der Waals surface area contributed by atoms with Gasteiger partial charge >= 0.3 is 0 Å². The van der Waals surface area contributed by atoms with Crippen molar-refractivity contribution in [1.82, 2.24) is 19.5 Å². The summed E-state index contributed by atoms with van der Waals surface area (Å²) in [5.41, 5.74) is 2.21. The number of para-hydroxylation sites is 1. The molecular formula is C18H16N4O2S2. The van der Waals surface area contributed by atoms with Crippen LogP contribution in [0.5, 0.6) is 0 Å². The Morgan fingerprint density at radius 1 is 1.23 bits per heavy atom. The van der Waals surface area contributed by atoms with Crippen LogP contribution in [0.2, 0.25) is 0 Å². The van der Waals surface area contributed by atoms with Crippen molar-refractivity contribution in [1.29, 1.82) is 0 Å². The smallest absolute Gasteiger partial charge is 0.272 e. The predicted molar refractivity (Wildman–Crippen MR) is 106 cm³/mol. The molecule has 0 spiro atoms.